The Morgan fingerprint density at radius 3 is 2.84 bits per heavy atom. The normalized spacial score (nSPS) is 20.9. The van der Waals surface area contributed by atoms with Crippen LogP contribution in [-0.2, 0) is 7.05 Å². The Balaban J connectivity index is 1.60. The van der Waals surface area contributed by atoms with Gasteiger partial charge < -0.3 is 15.0 Å². The van der Waals surface area contributed by atoms with Gasteiger partial charge in [-0.1, -0.05) is 12.1 Å². The van der Waals surface area contributed by atoms with Crippen molar-refractivity contribution < 1.29 is 9.90 Å². The number of hydrogen-bond donors (Lipinski definition) is 2. The number of rotatable bonds is 4. The van der Waals surface area contributed by atoms with Gasteiger partial charge in [0, 0.05) is 30.5 Å². The van der Waals surface area contributed by atoms with Crippen LogP contribution >= 0.6 is 0 Å². The number of hydrogen-bond acceptors (Lipinski definition) is 3. The van der Waals surface area contributed by atoms with E-state index in [0.717, 1.165) is 16.6 Å². The Hall–Kier alpha value is -2.66. The first-order valence-electron chi connectivity index (χ1n) is 8.57. The molecule has 1 fully saturated rings. The lowest BCUT2D eigenvalue weighted by molar-refractivity contribution is 0.0228. The highest BCUT2D eigenvalue weighted by atomic mass is 16.3. The van der Waals surface area contributed by atoms with Crippen LogP contribution in [0.3, 0.4) is 0 Å². The van der Waals surface area contributed by atoms with E-state index in [2.05, 4.69) is 10.3 Å². The first-order chi connectivity index (χ1) is 12.1. The van der Waals surface area contributed by atoms with Gasteiger partial charge in [-0.15, -0.1) is 0 Å². The van der Waals surface area contributed by atoms with Gasteiger partial charge in [0.15, 0.2) is 0 Å². The van der Waals surface area contributed by atoms with Crippen molar-refractivity contribution in [1.82, 2.24) is 14.9 Å². The maximum atomic E-state index is 12.8. The van der Waals surface area contributed by atoms with Crippen molar-refractivity contribution in [1.29, 1.82) is 0 Å². The molecule has 25 heavy (non-hydrogen) atoms. The second-order valence-corrected chi connectivity index (χ2v) is 6.79. The summed E-state index contributed by atoms with van der Waals surface area (Å²) in [7, 11) is 1.97. The van der Waals surface area contributed by atoms with Gasteiger partial charge in [0.2, 0.25) is 0 Å². The molecule has 2 aromatic heterocycles. The molecule has 0 unspecified atom stereocenters. The molecule has 1 amide bonds. The van der Waals surface area contributed by atoms with E-state index in [-0.39, 0.29) is 24.0 Å². The number of aliphatic hydroxyl groups excluding tert-OH is 1. The van der Waals surface area contributed by atoms with Crippen LogP contribution in [0.25, 0.3) is 10.9 Å². The molecule has 3 aromatic rings. The third-order valence-corrected chi connectivity index (χ3v) is 5.06. The third kappa shape index (κ3) is 3.03. The maximum absolute atomic E-state index is 12.8. The Morgan fingerprint density at radius 1 is 1.28 bits per heavy atom. The molecule has 2 heterocycles. The molecule has 0 bridgehead atoms. The predicted octanol–water partition coefficient (Wildman–Crippen LogP) is 2.82. The SMILES string of the molecule is Cn1ccc2ccc(C(=O)N[C@@H](c3ccccn3)C3CC(O)C3)cc21. The first kappa shape index (κ1) is 15.8. The molecular weight excluding hydrogens is 314 g/mol. The Morgan fingerprint density at radius 2 is 2.12 bits per heavy atom. The van der Waals surface area contributed by atoms with Crippen LogP contribution in [0, 0.1) is 5.92 Å². The monoisotopic (exact) mass is 335 g/mol. The van der Waals surface area contributed by atoms with E-state index in [0.29, 0.717) is 18.4 Å². The molecule has 1 aromatic carbocycles. The van der Waals surface area contributed by atoms with Gasteiger partial charge >= 0.3 is 0 Å². The van der Waals surface area contributed by atoms with Crippen LogP contribution in [0.1, 0.15) is 34.9 Å². The summed E-state index contributed by atoms with van der Waals surface area (Å²) < 4.78 is 2.00. The minimum Gasteiger partial charge on any atom is -0.393 e. The second-order valence-electron chi connectivity index (χ2n) is 6.79. The van der Waals surface area contributed by atoms with Crippen molar-refractivity contribution in [2.45, 2.75) is 25.0 Å². The van der Waals surface area contributed by atoms with E-state index in [1.54, 1.807) is 6.20 Å². The Labute approximate surface area is 146 Å². The van der Waals surface area contributed by atoms with E-state index in [1.807, 2.05) is 60.3 Å². The molecule has 1 saturated carbocycles. The van der Waals surface area contributed by atoms with Gasteiger partial charge in [0.25, 0.3) is 5.91 Å². The van der Waals surface area contributed by atoms with Crippen LogP contribution < -0.4 is 5.32 Å². The van der Waals surface area contributed by atoms with Crippen LogP contribution in [-0.4, -0.2) is 26.7 Å². The lowest BCUT2D eigenvalue weighted by Gasteiger charge is -2.37. The summed E-state index contributed by atoms with van der Waals surface area (Å²) >= 11 is 0. The minimum atomic E-state index is -0.271. The summed E-state index contributed by atoms with van der Waals surface area (Å²) in [4.78, 5) is 17.2. The minimum absolute atomic E-state index is 0.111. The molecule has 128 valence electrons. The van der Waals surface area contributed by atoms with E-state index in [1.165, 1.54) is 0 Å². The molecule has 0 saturated heterocycles. The van der Waals surface area contributed by atoms with Crippen LogP contribution in [0.5, 0.6) is 0 Å². The van der Waals surface area contributed by atoms with Gasteiger partial charge in [-0.05, 0) is 54.5 Å². The van der Waals surface area contributed by atoms with Crippen LogP contribution in [0.2, 0.25) is 0 Å². The van der Waals surface area contributed by atoms with Gasteiger partial charge in [-0.25, -0.2) is 0 Å². The van der Waals surface area contributed by atoms with Gasteiger partial charge in [0.1, 0.15) is 0 Å². The molecule has 1 aliphatic carbocycles. The lowest BCUT2D eigenvalue weighted by atomic mass is 9.76. The van der Waals surface area contributed by atoms with Crippen molar-refractivity contribution in [3.63, 3.8) is 0 Å². The van der Waals surface area contributed by atoms with Crippen molar-refractivity contribution in [3.05, 3.63) is 66.1 Å². The van der Waals surface area contributed by atoms with Gasteiger partial charge in [-0.3, -0.25) is 9.78 Å². The average molecular weight is 335 g/mol. The standard InChI is InChI=1S/C20H21N3O2/c1-23-9-7-13-5-6-14(12-18(13)23)20(25)22-19(15-10-16(24)11-15)17-4-2-3-8-21-17/h2-9,12,15-16,19,24H,10-11H2,1H3,(H,22,25)/t15?,16?,19-/m1/s1. The predicted molar refractivity (Wildman–Crippen MR) is 96.1 cm³/mol. The number of fused-ring (bicyclic) bond motifs is 1. The molecule has 2 N–H and O–H groups in total. The summed E-state index contributed by atoms with van der Waals surface area (Å²) in [6, 6.07) is 13.3. The molecule has 5 heteroatoms. The van der Waals surface area contributed by atoms with Gasteiger partial charge in [-0.2, -0.15) is 0 Å². The molecule has 4 rings (SSSR count). The summed E-state index contributed by atoms with van der Waals surface area (Å²) in [6.45, 7) is 0. The summed E-state index contributed by atoms with van der Waals surface area (Å²) in [5.41, 5.74) is 2.50. The molecule has 5 nitrogen and oxygen atoms in total. The number of amides is 1. The summed E-state index contributed by atoms with van der Waals surface area (Å²) in [5, 5.41) is 13.9. The number of nitrogens with zero attached hydrogens (tertiary/aromatic N) is 2. The number of carbonyl (C=O) groups is 1. The van der Waals surface area contributed by atoms with Crippen molar-refractivity contribution in [2.24, 2.45) is 13.0 Å². The fourth-order valence-electron chi connectivity index (χ4n) is 3.52. The molecule has 1 atom stereocenters. The number of aromatic nitrogens is 2. The fourth-order valence-corrected chi connectivity index (χ4v) is 3.52. The first-order valence-corrected chi connectivity index (χ1v) is 8.57. The number of nitrogens with one attached hydrogen (secondary N) is 1. The number of aryl methyl sites for hydroxylation is 1. The quantitative estimate of drug-likeness (QED) is 0.770. The zero-order chi connectivity index (χ0) is 17.4. The number of pyridine rings is 1. The largest absolute Gasteiger partial charge is 0.393 e. The number of aliphatic hydroxyl groups is 1. The molecular formula is C20H21N3O2. The maximum Gasteiger partial charge on any atom is 0.251 e. The van der Waals surface area contributed by atoms with Crippen molar-refractivity contribution in [3.8, 4) is 0 Å². The lowest BCUT2D eigenvalue weighted by Crippen LogP contribution is -2.41. The summed E-state index contributed by atoms with van der Waals surface area (Å²) in [6.07, 6.45) is 4.84. The third-order valence-electron chi connectivity index (χ3n) is 5.06. The Kier molecular flexibility index (Phi) is 4.01. The summed E-state index contributed by atoms with van der Waals surface area (Å²) in [5.74, 6) is 0.104. The smallest absolute Gasteiger partial charge is 0.251 e. The fraction of sp³-hybridized carbons (Fsp3) is 0.300. The topological polar surface area (TPSA) is 67.2 Å². The van der Waals surface area contributed by atoms with E-state index in [4.69, 9.17) is 0 Å². The van der Waals surface area contributed by atoms with Crippen molar-refractivity contribution >= 4 is 16.8 Å². The highest BCUT2D eigenvalue weighted by molar-refractivity contribution is 5.98. The zero-order valence-corrected chi connectivity index (χ0v) is 14.1. The Bertz CT molecular complexity index is 898. The average Bonchev–Trinajstić information content (AvgIpc) is 2.98. The number of benzene rings is 1. The van der Waals surface area contributed by atoms with E-state index < -0.39 is 0 Å². The molecule has 0 spiro atoms. The molecule has 1 aliphatic rings. The van der Waals surface area contributed by atoms with Crippen molar-refractivity contribution in [2.75, 3.05) is 0 Å². The molecule has 0 aliphatic heterocycles. The zero-order valence-electron chi connectivity index (χ0n) is 14.1. The highest BCUT2D eigenvalue weighted by Gasteiger charge is 2.36. The van der Waals surface area contributed by atoms with Gasteiger partial charge in [0.05, 0.1) is 17.8 Å². The second kappa shape index (κ2) is 6.33. The number of carbonyl (C=O) groups excluding carboxylic acids is 1. The van der Waals surface area contributed by atoms with Crippen LogP contribution in [0.15, 0.2) is 54.9 Å². The van der Waals surface area contributed by atoms with Crippen LogP contribution in [0.4, 0.5) is 0 Å². The van der Waals surface area contributed by atoms with E-state index in [9.17, 15) is 9.90 Å². The highest BCUT2D eigenvalue weighted by Crippen LogP contribution is 2.37. The molecule has 0 radical (unpaired) electrons. The van der Waals surface area contributed by atoms with E-state index >= 15 is 0 Å².